The number of benzene rings is 1. The van der Waals surface area contributed by atoms with Gasteiger partial charge in [-0.2, -0.15) is 17.0 Å². The van der Waals surface area contributed by atoms with E-state index in [2.05, 4.69) is 17.9 Å². The molecule has 2 N–H and O–H groups in total. The zero-order valence-corrected chi connectivity index (χ0v) is 10.1. The van der Waals surface area contributed by atoms with Crippen LogP contribution in [0.5, 0.6) is 0 Å². The highest BCUT2D eigenvalue weighted by molar-refractivity contribution is 7.99. The van der Waals surface area contributed by atoms with Gasteiger partial charge in [0, 0.05) is 24.1 Å². The number of nitrogens with zero attached hydrogens (tertiary/aromatic N) is 2. The normalized spacial score (nSPS) is 20.5. The van der Waals surface area contributed by atoms with Crippen LogP contribution in [0.2, 0.25) is 0 Å². The molecule has 84 valence electrons. The Morgan fingerprint density at radius 1 is 1.56 bits per heavy atom. The summed E-state index contributed by atoms with van der Waals surface area (Å²) >= 11 is 1.97. The molecular weight excluding hydrogens is 218 g/mol. The van der Waals surface area contributed by atoms with Crippen LogP contribution in [0.3, 0.4) is 0 Å². The Hall–Kier alpha value is -1.34. The molecule has 1 atom stereocenters. The highest BCUT2D eigenvalue weighted by atomic mass is 32.2. The molecule has 1 aliphatic heterocycles. The molecule has 4 heteroatoms. The molecule has 0 saturated carbocycles. The first kappa shape index (κ1) is 11.2. The van der Waals surface area contributed by atoms with Crippen LogP contribution in [-0.2, 0) is 0 Å². The smallest absolute Gasteiger partial charge is 0.101 e. The lowest BCUT2D eigenvalue weighted by atomic mass is 10.1. The van der Waals surface area contributed by atoms with Crippen molar-refractivity contribution < 1.29 is 0 Å². The summed E-state index contributed by atoms with van der Waals surface area (Å²) in [6.45, 7) is 3.20. The molecule has 1 unspecified atom stereocenters. The molecule has 0 amide bonds. The molecule has 2 rings (SSSR count). The van der Waals surface area contributed by atoms with Gasteiger partial charge in [0.15, 0.2) is 0 Å². The number of hydrogen-bond acceptors (Lipinski definition) is 4. The van der Waals surface area contributed by atoms with Crippen LogP contribution in [0.25, 0.3) is 0 Å². The van der Waals surface area contributed by atoms with Gasteiger partial charge < -0.3 is 10.6 Å². The van der Waals surface area contributed by atoms with Crippen molar-refractivity contribution >= 4 is 23.1 Å². The molecule has 3 nitrogen and oxygen atoms in total. The van der Waals surface area contributed by atoms with Crippen LogP contribution < -0.4 is 10.6 Å². The standard InChI is InChI=1S/C12H15N3S/c1-9-8-16-6-5-15(9)11-4-2-3-10(7-13)12(11)14/h2-4,9H,5-6,8,14H2,1H3. The summed E-state index contributed by atoms with van der Waals surface area (Å²) in [6.07, 6.45) is 0. The summed E-state index contributed by atoms with van der Waals surface area (Å²) in [5, 5.41) is 8.95. The minimum absolute atomic E-state index is 0.481. The number of nitrogen functional groups attached to an aromatic ring is 1. The minimum atomic E-state index is 0.481. The molecular formula is C12H15N3S. The van der Waals surface area contributed by atoms with Gasteiger partial charge in [0.25, 0.3) is 0 Å². The lowest BCUT2D eigenvalue weighted by Gasteiger charge is -2.35. The van der Waals surface area contributed by atoms with Crippen molar-refractivity contribution in [3.8, 4) is 6.07 Å². The second kappa shape index (κ2) is 4.67. The lowest BCUT2D eigenvalue weighted by Crippen LogP contribution is -2.40. The predicted molar refractivity (Wildman–Crippen MR) is 69.7 cm³/mol. The number of para-hydroxylation sites is 1. The van der Waals surface area contributed by atoms with Crippen LogP contribution in [0.15, 0.2) is 18.2 Å². The van der Waals surface area contributed by atoms with E-state index in [-0.39, 0.29) is 0 Å². The van der Waals surface area contributed by atoms with Gasteiger partial charge in [-0.05, 0) is 19.1 Å². The van der Waals surface area contributed by atoms with Gasteiger partial charge >= 0.3 is 0 Å². The maximum absolute atomic E-state index is 8.95. The molecule has 0 bridgehead atoms. The molecule has 1 heterocycles. The van der Waals surface area contributed by atoms with E-state index in [0.717, 1.165) is 23.7 Å². The number of anilines is 2. The molecule has 1 aromatic rings. The van der Waals surface area contributed by atoms with Crippen molar-refractivity contribution in [1.29, 1.82) is 5.26 Å². The van der Waals surface area contributed by atoms with E-state index in [4.69, 9.17) is 11.0 Å². The number of hydrogen-bond donors (Lipinski definition) is 1. The Kier molecular flexibility index (Phi) is 3.25. The van der Waals surface area contributed by atoms with Crippen LogP contribution in [0.4, 0.5) is 11.4 Å². The zero-order valence-electron chi connectivity index (χ0n) is 9.31. The number of nitrogens with two attached hydrogens (primary N) is 1. The Morgan fingerprint density at radius 2 is 2.38 bits per heavy atom. The Labute approximate surface area is 100 Å². The van der Waals surface area contributed by atoms with E-state index in [9.17, 15) is 0 Å². The Bertz CT molecular complexity index is 425. The molecule has 0 radical (unpaired) electrons. The first-order valence-corrected chi connectivity index (χ1v) is 6.52. The molecule has 1 aromatic carbocycles. The monoisotopic (exact) mass is 233 g/mol. The second-order valence-corrected chi connectivity index (χ2v) is 5.12. The van der Waals surface area contributed by atoms with Gasteiger partial charge in [-0.25, -0.2) is 0 Å². The number of thioether (sulfide) groups is 1. The van der Waals surface area contributed by atoms with Gasteiger partial charge in [-0.3, -0.25) is 0 Å². The molecule has 1 aliphatic rings. The highest BCUT2D eigenvalue weighted by Gasteiger charge is 2.21. The SMILES string of the molecule is CC1CSCCN1c1cccc(C#N)c1N. The van der Waals surface area contributed by atoms with Crippen molar-refractivity contribution in [3.63, 3.8) is 0 Å². The second-order valence-electron chi connectivity index (χ2n) is 3.97. The topological polar surface area (TPSA) is 53.0 Å². The van der Waals surface area contributed by atoms with Crippen molar-refractivity contribution in [2.45, 2.75) is 13.0 Å². The van der Waals surface area contributed by atoms with Gasteiger partial charge in [-0.1, -0.05) is 6.07 Å². The van der Waals surface area contributed by atoms with E-state index < -0.39 is 0 Å². The molecule has 1 saturated heterocycles. The predicted octanol–water partition coefficient (Wildman–Crippen LogP) is 2.08. The summed E-state index contributed by atoms with van der Waals surface area (Å²) in [7, 11) is 0. The number of nitriles is 1. The van der Waals surface area contributed by atoms with Gasteiger partial charge in [0.05, 0.1) is 16.9 Å². The quantitative estimate of drug-likeness (QED) is 0.755. The average molecular weight is 233 g/mol. The lowest BCUT2D eigenvalue weighted by molar-refractivity contribution is 0.701. The Balaban J connectivity index is 2.36. The fraction of sp³-hybridized carbons (Fsp3) is 0.417. The van der Waals surface area contributed by atoms with Crippen molar-refractivity contribution in [2.24, 2.45) is 0 Å². The van der Waals surface area contributed by atoms with Crippen LogP contribution in [-0.4, -0.2) is 24.1 Å². The number of rotatable bonds is 1. The minimum Gasteiger partial charge on any atom is -0.396 e. The van der Waals surface area contributed by atoms with Crippen molar-refractivity contribution in [2.75, 3.05) is 28.7 Å². The van der Waals surface area contributed by atoms with E-state index in [1.54, 1.807) is 6.07 Å². The van der Waals surface area contributed by atoms with Gasteiger partial charge in [0.2, 0.25) is 0 Å². The van der Waals surface area contributed by atoms with Crippen molar-refractivity contribution in [3.05, 3.63) is 23.8 Å². The molecule has 0 spiro atoms. The van der Waals surface area contributed by atoms with E-state index >= 15 is 0 Å². The van der Waals surface area contributed by atoms with E-state index in [1.165, 1.54) is 0 Å². The molecule has 16 heavy (non-hydrogen) atoms. The summed E-state index contributed by atoms with van der Waals surface area (Å²) in [5.41, 5.74) is 8.21. The maximum atomic E-state index is 8.95. The first-order chi connectivity index (χ1) is 7.74. The third kappa shape index (κ3) is 1.96. The fourth-order valence-electron chi connectivity index (χ4n) is 1.99. The highest BCUT2D eigenvalue weighted by Crippen LogP contribution is 2.30. The van der Waals surface area contributed by atoms with Gasteiger partial charge in [0.1, 0.15) is 6.07 Å². The first-order valence-electron chi connectivity index (χ1n) is 5.37. The summed E-state index contributed by atoms with van der Waals surface area (Å²) < 4.78 is 0. The summed E-state index contributed by atoms with van der Waals surface area (Å²) in [4.78, 5) is 2.30. The molecule has 0 aromatic heterocycles. The average Bonchev–Trinajstić information content (AvgIpc) is 2.31. The third-order valence-electron chi connectivity index (χ3n) is 2.88. The van der Waals surface area contributed by atoms with Crippen LogP contribution in [0, 0.1) is 11.3 Å². The van der Waals surface area contributed by atoms with E-state index in [0.29, 0.717) is 17.3 Å². The zero-order chi connectivity index (χ0) is 11.5. The molecule has 1 fully saturated rings. The summed E-state index contributed by atoms with van der Waals surface area (Å²) in [5.74, 6) is 2.25. The Morgan fingerprint density at radius 3 is 3.06 bits per heavy atom. The summed E-state index contributed by atoms with van der Waals surface area (Å²) in [6, 6.07) is 8.28. The maximum Gasteiger partial charge on any atom is 0.101 e. The molecule has 0 aliphatic carbocycles. The third-order valence-corrected chi connectivity index (χ3v) is 4.07. The van der Waals surface area contributed by atoms with Gasteiger partial charge in [-0.15, -0.1) is 0 Å². The van der Waals surface area contributed by atoms with Crippen LogP contribution >= 0.6 is 11.8 Å². The largest absolute Gasteiger partial charge is 0.396 e. The van der Waals surface area contributed by atoms with Crippen molar-refractivity contribution in [1.82, 2.24) is 0 Å². The fourth-order valence-corrected chi connectivity index (χ4v) is 3.00. The van der Waals surface area contributed by atoms with Crippen LogP contribution in [0.1, 0.15) is 12.5 Å². The van der Waals surface area contributed by atoms with E-state index in [1.807, 2.05) is 23.9 Å².